The summed E-state index contributed by atoms with van der Waals surface area (Å²) in [7, 11) is 0. The number of hydrogen-bond donors (Lipinski definition) is 0. The van der Waals surface area contributed by atoms with Gasteiger partial charge in [0.2, 0.25) is 0 Å². The molecule has 0 amide bonds. The number of morpholine rings is 1. The van der Waals surface area contributed by atoms with Crippen LogP contribution >= 0.6 is 0 Å². The maximum absolute atomic E-state index is 4.99. The highest BCUT2D eigenvalue weighted by Gasteiger charge is 2.00. The van der Waals surface area contributed by atoms with Gasteiger partial charge >= 0.3 is 0 Å². The lowest BCUT2D eigenvalue weighted by molar-refractivity contribution is 0.177. The molecule has 0 aromatic heterocycles. The van der Waals surface area contributed by atoms with E-state index in [-0.39, 0.29) is 0 Å². The Labute approximate surface area is 43.2 Å². The molecule has 0 atom stereocenters. The van der Waals surface area contributed by atoms with Crippen molar-refractivity contribution in [3.05, 3.63) is 12.3 Å². The first-order chi connectivity index (χ1) is 3.39. The maximum Gasteiger partial charge on any atom is 0.104 e. The lowest BCUT2D eigenvalue weighted by Gasteiger charge is -2.13. The largest absolute Gasteiger partial charge is 0.496 e. The fraction of sp³-hybridized carbons (Fsp3) is 0.600. The van der Waals surface area contributed by atoms with E-state index >= 15 is 0 Å². The first-order valence-electron chi connectivity index (χ1n) is 2.33. The fourth-order valence-corrected chi connectivity index (χ4v) is 0.504. The molecule has 7 heavy (non-hydrogen) atoms. The molecule has 0 aromatic rings. The monoisotopic (exact) mass is 98.1 g/mol. The van der Waals surface area contributed by atoms with Gasteiger partial charge in [-0.1, -0.05) is 6.58 Å². The zero-order valence-electron chi connectivity index (χ0n) is 4.18. The van der Waals surface area contributed by atoms with Crippen LogP contribution in [0.5, 0.6) is 0 Å². The smallest absolute Gasteiger partial charge is 0.104 e. The summed E-state index contributed by atoms with van der Waals surface area (Å²) in [5.74, 6) is 0.797. The van der Waals surface area contributed by atoms with Gasteiger partial charge in [-0.25, -0.2) is 5.32 Å². The first-order valence-corrected chi connectivity index (χ1v) is 2.33. The Hall–Kier alpha value is -0.500. The fourth-order valence-electron chi connectivity index (χ4n) is 0.504. The SMILES string of the molecule is C=C1C[N]CCO1. The van der Waals surface area contributed by atoms with Crippen LogP contribution in [0.25, 0.3) is 0 Å². The summed E-state index contributed by atoms with van der Waals surface area (Å²) in [6.45, 7) is 5.85. The Morgan fingerprint density at radius 3 is 2.86 bits per heavy atom. The van der Waals surface area contributed by atoms with E-state index in [0.717, 1.165) is 18.9 Å². The second-order valence-corrected chi connectivity index (χ2v) is 1.49. The third-order valence-corrected chi connectivity index (χ3v) is 0.844. The van der Waals surface area contributed by atoms with Gasteiger partial charge in [0, 0.05) is 6.54 Å². The van der Waals surface area contributed by atoms with Crippen LogP contribution in [0.3, 0.4) is 0 Å². The van der Waals surface area contributed by atoms with Crippen LogP contribution < -0.4 is 5.32 Å². The van der Waals surface area contributed by atoms with Crippen LogP contribution in [0.15, 0.2) is 12.3 Å². The van der Waals surface area contributed by atoms with E-state index in [0.29, 0.717) is 6.54 Å². The van der Waals surface area contributed by atoms with Crippen LogP contribution in [0.1, 0.15) is 0 Å². The summed E-state index contributed by atoms with van der Waals surface area (Å²) in [6.07, 6.45) is 0. The molecule has 0 spiro atoms. The highest BCUT2D eigenvalue weighted by molar-refractivity contribution is 4.87. The van der Waals surface area contributed by atoms with Gasteiger partial charge in [0.25, 0.3) is 0 Å². The van der Waals surface area contributed by atoms with Crippen molar-refractivity contribution in [3.8, 4) is 0 Å². The lowest BCUT2D eigenvalue weighted by atomic mass is 10.5. The van der Waals surface area contributed by atoms with Gasteiger partial charge in [0.1, 0.15) is 12.4 Å². The molecule has 1 aliphatic heterocycles. The van der Waals surface area contributed by atoms with E-state index in [9.17, 15) is 0 Å². The molecule has 0 unspecified atom stereocenters. The molecule has 0 aromatic carbocycles. The third kappa shape index (κ3) is 1.20. The maximum atomic E-state index is 4.99. The van der Waals surface area contributed by atoms with E-state index < -0.39 is 0 Å². The zero-order valence-corrected chi connectivity index (χ0v) is 4.18. The molecule has 39 valence electrons. The lowest BCUT2D eigenvalue weighted by Crippen LogP contribution is -2.22. The minimum absolute atomic E-state index is 0.694. The molecule has 1 fully saturated rings. The molecule has 0 aliphatic carbocycles. The Kier molecular flexibility index (Phi) is 1.32. The van der Waals surface area contributed by atoms with Gasteiger partial charge in [-0.2, -0.15) is 0 Å². The van der Waals surface area contributed by atoms with Crippen LogP contribution in [-0.2, 0) is 4.74 Å². The molecule has 1 radical (unpaired) electrons. The number of hydrogen-bond acceptors (Lipinski definition) is 1. The van der Waals surface area contributed by atoms with E-state index in [1.54, 1.807) is 0 Å². The molecule has 0 saturated carbocycles. The topological polar surface area (TPSA) is 23.3 Å². The minimum atomic E-state index is 0.694. The summed E-state index contributed by atoms with van der Waals surface area (Å²) in [6, 6.07) is 0. The Morgan fingerprint density at radius 1 is 1.71 bits per heavy atom. The second-order valence-electron chi connectivity index (χ2n) is 1.49. The van der Waals surface area contributed by atoms with Gasteiger partial charge in [-0.3, -0.25) is 0 Å². The Morgan fingerprint density at radius 2 is 2.57 bits per heavy atom. The average molecular weight is 98.1 g/mol. The van der Waals surface area contributed by atoms with Crippen LogP contribution in [-0.4, -0.2) is 19.7 Å². The molecule has 1 heterocycles. The predicted octanol–water partition coefficient (Wildman–Crippen LogP) is 0.135. The van der Waals surface area contributed by atoms with Crippen molar-refractivity contribution in [2.75, 3.05) is 19.7 Å². The van der Waals surface area contributed by atoms with Crippen LogP contribution in [0, 0.1) is 0 Å². The molecule has 2 heteroatoms. The number of ether oxygens (including phenoxy) is 1. The minimum Gasteiger partial charge on any atom is -0.496 e. The summed E-state index contributed by atoms with van der Waals surface area (Å²) < 4.78 is 4.99. The van der Waals surface area contributed by atoms with Crippen molar-refractivity contribution in [3.63, 3.8) is 0 Å². The van der Waals surface area contributed by atoms with Crippen LogP contribution in [0.4, 0.5) is 0 Å². The van der Waals surface area contributed by atoms with Gasteiger partial charge in [0.05, 0.1) is 6.54 Å². The molecule has 2 nitrogen and oxygen atoms in total. The predicted molar refractivity (Wildman–Crippen MR) is 27.0 cm³/mol. The van der Waals surface area contributed by atoms with Gasteiger partial charge < -0.3 is 4.74 Å². The molecule has 1 rings (SSSR count). The molecule has 1 aliphatic rings. The average Bonchev–Trinajstić information content (AvgIpc) is 1.69. The first kappa shape index (κ1) is 4.65. The van der Waals surface area contributed by atoms with E-state index in [1.807, 2.05) is 0 Å². The zero-order chi connectivity index (χ0) is 5.11. The van der Waals surface area contributed by atoms with Gasteiger partial charge in [-0.05, 0) is 0 Å². The summed E-state index contributed by atoms with van der Waals surface area (Å²) in [5, 5.41) is 4.03. The molecule has 0 N–H and O–H groups in total. The summed E-state index contributed by atoms with van der Waals surface area (Å²) in [4.78, 5) is 0. The highest BCUT2D eigenvalue weighted by atomic mass is 16.5. The van der Waals surface area contributed by atoms with Crippen molar-refractivity contribution < 1.29 is 4.74 Å². The number of rotatable bonds is 0. The van der Waals surface area contributed by atoms with E-state index in [4.69, 9.17) is 4.74 Å². The second kappa shape index (κ2) is 1.98. The normalized spacial score (nSPS) is 21.4. The van der Waals surface area contributed by atoms with Crippen molar-refractivity contribution >= 4 is 0 Å². The van der Waals surface area contributed by atoms with Gasteiger partial charge in [-0.15, -0.1) is 0 Å². The van der Waals surface area contributed by atoms with E-state index in [2.05, 4.69) is 11.9 Å². The van der Waals surface area contributed by atoms with Crippen molar-refractivity contribution in [2.24, 2.45) is 0 Å². The third-order valence-electron chi connectivity index (χ3n) is 0.844. The molecular weight excluding hydrogens is 90.1 g/mol. The Bertz CT molecular complexity index is 72.1. The Balaban J connectivity index is 2.25. The van der Waals surface area contributed by atoms with E-state index in [1.165, 1.54) is 0 Å². The van der Waals surface area contributed by atoms with Crippen LogP contribution in [0.2, 0.25) is 0 Å². The summed E-state index contributed by atoms with van der Waals surface area (Å²) in [5.41, 5.74) is 0. The van der Waals surface area contributed by atoms with Crippen molar-refractivity contribution in [1.82, 2.24) is 5.32 Å². The molecular formula is C5H8NO. The summed E-state index contributed by atoms with van der Waals surface area (Å²) >= 11 is 0. The standard InChI is InChI=1S/C5H8NO/c1-5-4-6-2-3-7-5/h1-4H2. The van der Waals surface area contributed by atoms with Crippen molar-refractivity contribution in [1.29, 1.82) is 0 Å². The highest BCUT2D eigenvalue weighted by Crippen LogP contribution is 1.95. The molecule has 1 saturated heterocycles. The van der Waals surface area contributed by atoms with Gasteiger partial charge in [0.15, 0.2) is 0 Å². The molecule has 0 bridgehead atoms. The number of nitrogens with zero attached hydrogens (tertiary/aromatic N) is 1. The quantitative estimate of drug-likeness (QED) is 0.422. The van der Waals surface area contributed by atoms with Crippen molar-refractivity contribution in [2.45, 2.75) is 0 Å².